The van der Waals surface area contributed by atoms with Crippen LogP contribution >= 0.6 is 0 Å². The Bertz CT molecular complexity index is 594. The van der Waals surface area contributed by atoms with Crippen LogP contribution in [0.3, 0.4) is 0 Å². The predicted molar refractivity (Wildman–Crippen MR) is 96.3 cm³/mol. The predicted octanol–water partition coefficient (Wildman–Crippen LogP) is 2.45. The van der Waals surface area contributed by atoms with E-state index in [1.807, 2.05) is 11.0 Å². The van der Waals surface area contributed by atoms with Crippen molar-refractivity contribution in [2.45, 2.75) is 51.0 Å². The first-order valence-electron chi connectivity index (χ1n) is 9.36. The van der Waals surface area contributed by atoms with Crippen LogP contribution in [0.4, 0.5) is 0 Å². The molecule has 136 valence electrons. The molecule has 0 saturated carbocycles. The summed E-state index contributed by atoms with van der Waals surface area (Å²) in [5.74, 6) is -0.502. The van der Waals surface area contributed by atoms with Crippen LogP contribution in [0.15, 0.2) is 30.3 Å². The lowest BCUT2D eigenvalue weighted by Crippen LogP contribution is -2.44. The third-order valence-electron chi connectivity index (χ3n) is 5.78. The van der Waals surface area contributed by atoms with Crippen molar-refractivity contribution in [2.75, 3.05) is 19.6 Å². The van der Waals surface area contributed by atoms with Gasteiger partial charge in [-0.3, -0.25) is 9.59 Å². The van der Waals surface area contributed by atoms with E-state index in [2.05, 4.69) is 29.6 Å². The normalized spacial score (nSPS) is 22.2. The van der Waals surface area contributed by atoms with Crippen molar-refractivity contribution in [3.8, 4) is 0 Å². The minimum atomic E-state index is -0.756. The van der Waals surface area contributed by atoms with Gasteiger partial charge in [0.15, 0.2) is 0 Å². The standard InChI is InChI=1S/C20H28N2O3/c23-18(9-5-4-8-16-6-2-1-3-7-16)22-12-10-20(11-13-22)14-17(19(24)25)21-15-20/h1-3,6-7,17,21H,4-5,8-15H2,(H,24,25). The number of carboxylic acids is 1. The summed E-state index contributed by atoms with van der Waals surface area (Å²) in [7, 11) is 0. The largest absolute Gasteiger partial charge is 0.480 e. The maximum Gasteiger partial charge on any atom is 0.320 e. The first-order valence-corrected chi connectivity index (χ1v) is 9.36. The molecule has 0 bridgehead atoms. The van der Waals surface area contributed by atoms with Gasteiger partial charge in [-0.2, -0.15) is 0 Å². The van der Waals surface area contributed by atoms with Crippen LogP contribution in [0.25, 0.3) is 0 Å². The fourth-order valence-electron chi connectivity index (χ4n) is 4.11. The number of nitrogens with one attached hydrogen (secondary N) is 1. The summed E-state index contributed by atoms with van der Waals surface area (Å²) in [6.45, 7) is 2.31. The Morgan fingerprint density at radius 3 is 2.52 bits per heavy atom. The second kappa shape index (κ2) is 8.00. The Kier molecular flexibility index (Phi) is 5.74. The number of hydrogen-bond acceptors (Lipinski definition) is 3. The highest BCUT2D eigenvalue weighted by molar-refractivity contribution is 5.76. The molecule has 1 unspecified atom stereocenters. The summed E-state index contributed by atoms with van der Waals surface area (Å²) in [4.78, 5) is 25.5. The number of piperidine rings is 1. The number of nitrogens with zero attached hydrogens (tertiary/aromatic N) is 1. The van der Waals surface area contributed by atoms with Gasteiger partial charge in [-0.25, -0.2) is 0 Å². The van der Waals surface area contributed by atoms with Crippen LogP contribution in [0.2, 0.25) is 0 Å². The van der Waals surface area contributed by atoms with Crippen LogP contribution in [-0.4, -0.2) is 47.6 Å². The summed E-state index contributed by atoms with van der Waals surface area (Å²) in [6.07, 6.45) is 6.14. The fraction of sp³-hybridized carbons (Fsp3) is 0.600. The molecule has 2 fully saturated rings. The number of carboxylic acid groups (broad SMARTS) is 1. The molecule has 0 radical (unpaired) electrons. The lowest BCUT2D eigenvalue weighted by Gasteiger charge is -2.39. The molecule has 25 heavy (non-hydrogen) atoms. The lowest BCUT2D eigenvalue weighted by atomic mass is 9.76. The topological polar surface area (TPSA) is 69.6 Å². The molecular formula is C20H28N2O3. The average molecular weight is 344 g/mol. The maximum atomic E-state index is 12.4. The molecule has 2 aliphatic rings. The van der Waals surface area contributed by atoms with Crippen molar-refractivity contribution in [3.05, 3.63) is 35.9 Å². The molecule has 2 saturated heterocycles. The molecule has 0 aromatic heterocycles. The van der Waals surface area contributed by atoms with Crippen molar-refractivity contribution in [2.24, 2.45) is 5.41 Å². The number of rotatable bonds is 6. The summed E-state index contributed by atoms with van der Waals surface area (Å²) >= 11 is 0. The number of unbranched alkanes of at least 4 members (excludes halogenated alkanes) is 1. The molecule has 1 aromatic carbocycles. The second-order valence-electron chi connectivity index (χ2n) is 7.55. The molecule has 1 spiro atoms. The molecular weight excluding hydrogens is 316 g/mol. The van der Waals surface area contributed by atoms with Gasteiger partial charge in [0.25, 0.3) is 0 Å². The van der Waals surface area contributed by atoms with E-state index in [1.54, 1.807) is 0 Å². The number of hydrogen-bond donors (Lipinski definition) is 2. The van der Waals surface area contributed by atoms with E-state index in [9.17, 15) is 9.59 Å². The minimum Gasteiger partial charge on any atom is -0.480 e. The highest BCUT2D eigenvalue weighted by Crippen LogP contribution is 2.39. The van der Waals surface area contributed by atoms with Gasteiger partial charge in [0.05, 0.1) is 0 Å². The van der Waals surface area contributed by atoms with Crippen LogP contribution in [0.1, 0.15) is 44.1 Å². The molecule has 3 rings (SSSR count). The van der Waals surface area contributed by atoms with E-state index in [-0.39, 0.29) is 11.3 Å². The summed E-state index contributed by atoms with van der Waals surface area (Å²) in [5, 5.41) is 12.3. The summed E-state index contributed by atoms with van der Waals surface area (Å²) in [5.41, 5.74) is 1.41. The molecule has 2 heterocycles. The van der Waals surface area contributed by atoms with Gasteiger partial charge >= 0.3 is 5.97 Å². The number of amides is 1. The third kappa shape index (κ3) is 4.60. The highest BCUT2D eigenvalue weighted by atomic mass is 16.4. The highest BCUT2D eigenvalue weighted by Gasteiger charge is 2.43. The van der Waals surface area contributed by atoms with Gasteiger partial charge in [0.1, 0.15) is 6.04 Å². The Morgan fingerprint density at radius 2 is 1.88 bits per heavy atom. The molecule has 0 aliphatic carbocycles. The van der Waals surface area contributed by atoms with E-state index in [0.717, 1.165) is 51.7 Å². The Balaban J connectivity index is 1.36. The Morgan fingerprint density at radius 1 is 1.16 bits per heavy atom. The number of carbonyl (C=O) groups excluding carboxylic acids is 1. The zero-order chi connectivity index (χ0) is 17.7. The van der Waals surface area contributed by atoms with Crippen molar-refractivity contribution in [1.82, 2.24) is 10.2 Å². The number of likely N-dealkylation sites (tertiary alicyclic amines) is 1. The van der Waals surface area contributed by atoms with Crippen molar-refractivity contribution in [1.29, 1.82) is 0 Å². The molecule has 1 aromatic rings. The first kappa shape index (κ1) is 17.9. The number of carbonyl (C=O) groups is 2. The SMILES string of the molecule is O=C(O)C1CC2(CCN(C(=O)CCCCc3ccccc3)CC2)CN1. The molecule has 2 aliphatic heterocycles. The van der Waals surface area contributed by atoms with Crippen LogP contribution in [0.5, 0.6) is 0 Å². The zero-order valence-corrected chi connectivity index (χ0v) is 14.7. The monoisotopic (exact) mass is 344 g/mol. The summed E-state index contributed by atoms with van der Waals surface area (Å²) in [6, 6.07) is 9.97. The van der Waals surface area contributed by atoms with Crippen molar-refractivity contribution >= 4 is 11.9 Å². The molecule has 5 heteroatoms. The fourth-order valence-corrected chi connectivity index (χ4v) is 4.11. The first-order chi connectivity index (χ1) is 12.1. The van der Waals surface area contributed by atoms with Crippen LogP contribution in [-0.2, 0) is 16.0 Å². The minimum absolute atomic E-state index is 0.0765. The van der Waals surface area contributed by atoms with Gasteiger partial charge in [0.2, 0.25) is 5.91 Å². The Hall–Kier alpha value is -1.88. The van der Waals surface area contributed by atoms with Crippen LogP contribution < -0.4 is 5.32 Å². The number of aliphatic carboxylic acids is 1. The lowest BCUT2D eigenvalue weighted by molar-refractivity contribution is -0.139. The van der Waals surface area contributed by atoms with E-state index in [4.69, 9.17) is 5.11 Å². The van der Waals surface area contributed by atoms with E-state index < -0.39 is 12.0 Å². The molecule has 2 N–H and O–H groups in total. The molecule has 5 nitrogen and oxygen atoms in total. The average Bonchev–Trinajstić information content (AvgIpc) is 3.04. The molecule has 1 amide bonds. The third-order valence-corrected chi connectivity index (χ3v) is 5.78. The van der Waals surface area contributed by atoms with Crippen molar-refractivity contribution < 1.29 is 14.7 Å². The number of aryl methyl sites for hydroxylation is 1. The van der Waals surface area contributed by atoms with Gasteiger partial charge in [0, 0.05) is 26.1 Å². The zero-order valence-electron chi connectivity index (χ0n) is 14.7. The van der Waals surface area contributed by atoms with E-state index in [0.29, 0.717) is 12.8 Å². The quantitative estimate of drug-likeness (QED) is 0.778. The van der Waals surface area contributed by atoms with Gasteiger partial charge in [-0.05, 0) is 49.5 Å². The second-order valence-corrected chi connectivity index (χ2v) is 7.55. The summed E-state index contributed by atoms with van der Waals surface area (Å²) < 4.78 is 0. The van der Waals surface area contributed by atoms with Gasteiger partial charge in [-0.1, -0.05) is 30.3 Å². The number of benzene rings is 1. The van der Waals surface area contributed by atoms with Crippen LogP contribution in [0, 0.1) is 5.41 Å². The molecule has 1 atom stereocenters. The van der Waals surface area contributed by atoms with Gasteiger partial charge < -0.3 is 15.3 Å². The maximum absolute atomic E-state index is 12.4. The van der Waals surface area contributed by atoms with E-state index >= 15 is 0 Å². The van der Waals surface area contributed by atoms with E-state index in [1.165, 1.54) is 5.56 Å². The van der Waals surface area contributed by atoms with Crippen molar-refractivity contribution in [3.63, 3.8) is 0 Å². The smallest absolute Gasteiger partial charge is 0.320 e. The Labute approximate surface area is 149 Å². The van der Waals surface area contributed by atoms with Gasteiger partial charge in [-0.15, -0.1) is 0 Å².